The van der Waals surface area contributed by atoms with Crippen molar-refractivity contribution in [2.45, 2.75) is 117 Å². The number of ether oxygens (including phenoxy) is 1. The summed E-state index contributed by atoms with van der Waals surface area (Å²) < 4.78 is 5.44. The van der Waals surface area contributed by atoms with Gasteiger partial charge in [0.15, 0.2) is 0 Å². The fraction of sp³-hybridized carbons (Fsp3) is 0.633. The SMILES string of the molecule is C#Cc1ccccc1C(C(=O)NC1CCCCC1)N(C(=O)C(NC(=O)OC(C)(C)C)C(C)C)C(C)(C)C. The molecule has 0 aliphatic heterocycles. The standard InChI is InChI=1S/C30H45N3O4/c1-10-21-16-14-15-19-23(21)25(26(34)31-22-17-12-11-13-18-22)33(29(4,5)6)27(35)24(20(2)3)32-28(36)37-30(7,8)9/h1,14-16,19-20,22,24-25H,11-13,17-18H2,2-9H3,(H,31,34)(H,32,36). The summed E-state index contributed by atoms with van der Waals surface area (Å²) in [4.78, 5) is 42.5. The number of terminal acetylenes is 1. The summed E-state index contributed by atoms with van der Waals surface area (Å²) >= 11 is 0. The molecule has 204 valence electrons. The fourth-order valence-electron chi connectivity index (χ4n) is 4.73. The molecule has 1 aromatic carbocycles. The second kappa shape index (κ2) is 12.5. The molecule has 1 saturated carbocycles. The van der Waals surface area contributed by atoms with E-state index in [1.807, 2.05) is 46.8 Å². The molecule has 2 atom stereocenters. The summed E-state index contributed by atoms with van der Waals surface area (Å²) in [5.41, 5.74) is -0.348. The zero-order valence-electron chi connectivity index (χ0n) is 23.8. The van der Waals surface area contributed by atoms with E-state index in [2.05, 4.69) is 16.6 Å². The van der Waals surface area contributed by atoms with Crippen molar-refractivity contribution in [1.82, 2.24) is 15.5 Å². The predicted molar refractivity (Wildman–Crippen MR) is 147 cm³/mol. The van der Waals surface area contributed by atoms with Gasteiger partial charge in [0.25, 0.3) is 0 Å². The lowest BCUT2D eigenvalue weighted by Crippen LogP contribution is -2.60. The predicted octanol–water partition coefficient (Wildman–Crippen LogP) is 5.33. The molecule has 0 aromatic heterocycles. The van der Waals surface area contributed by atoms with E-state index in [1.54, 1.807) is 37.8 Å². The first-order valence-corrected chi connectivity index (χ1v) is 13.3. The number of hydrogen-bond acceptors (Lipinski definition) is 4. The number of hydrogen-bond donors (Lipinski definition) is 2. The van der Waals surface area contributed by atoms with Crippen LogP contribution >= 0.6 is 0 Å². The fourth-order valence-corrected chi connectivity index (χ4v) is 4.73. The van der Waals surface area contributed by atoms with E-state index < -0.39 is 29.3 Å². The second-order valence-corrected chi connectivity index (χ2v) is 12.2. The zero-order chi connectivity index (χ0) is 28.0. The summed E-state index contributed by atoms with van der Waals surface area (Å²) in [6.45, 7) is 14.7. The van der Waals surface area contributed by atoms with E-state index in [0.29, 0.717) is 11.1 Å². The number of amides is 3. The molecule has 3 amide bonds. The minimum absolute atomic E-state index is 0.0550. The van der Waals surface area contributed by atoms with Gasteiger partial charge in [0, 0.05) is 17.1 Å². The molecule has 1 aliphatic carbocycles. The van der Waals surface area contributed by atoms with E-state index in [1.165, 1.54) is 0 Å². The first kappa shape index (κ1) is 30.2. The van der Waals surface area contributed by atoms with Crippen molar-refractivity contribution in [3.8, 4) is 12.3 Å². The summed E-state index contributed by atoms with van der Waals surface area (Å²) in [7, 11) is 0. The van der Waals surface area contributed by atoms with E-state index in [0.717, 1.165) is 32.1 Å². The third kappa shape index (κ3) is 8.52. The Labute approximate surface area is 223 Å². The molecule has 1 aliphatic rings. The average molecular weight is 512 g/mol. The summed E-state index contributed by atoms with van der Waals surface area (Å²) in [5, 5.41) is 5.96. The maximum Gasteiger partial charge on any atom is 0.408 e. The molecular formula is C30H45N3O4. The van der Waals surface area contributed by atoms with Crippen LogP contribution in [0.3, 0.4) is 0 Å². The maximum atomic E-state index is 14.3. The van der Waals surface area contributed by atoms with Crippen LogP contribution in [0.5, 0.6) is 0 Å². The van der Waals surface area contributed by atoms with Crippen molar-refractivity contribution in [3.63, 3.8) is 0 Å². The van der Waals surface area contributed by atoms with E-state index in [-0.39, 0.29) is 23.8 Å². The van der Waals surface area contributed by atoms with Gasteiger partial charge in [-0.3, -0.25) is 9.59 Å². The number of nitrogens with zero attached hydrogens (tertiary/aromatic N) is 1. The Balaban J connectivity index is 2.56. The molecule has 1 fully saturated rings. The van der Waals surface area contributed by atoms with Crippen LogP contribution in [0.2, 0.25) is 0 Å². The van der Waals surface area contributed by atoms with Crippen LogP contribution in [-0.4, -0.2) is 46.0 Å². The first-order chi connectivity index (χ1) is 17.2. The molecular weight excluding hydrogens is 466 g/mol. The zero-order valence-corrected chi connectivity index (χ0v) is 23.8. The van der Waals surface area contributed by atoms with E-state index in [9.17, 15) is 14.4 Å². The average Bonchev–Trinajstić information content (AvgIpc) is 2.79. The van der Waals surface area contributed by atoms with Crippen molar-refractivity contribution < 1.29 is 19.1 Å². The number of carbonyl (C=O) groups is 3. The summed E-state index contributed by atoms with van der Waals surface area (Å²) in [6.07, 6.45) is 10.3. The smallest absolute Gasteiger partial charge is 0.408 e. The molecule has 0 radical (unpaired) electrons. The highest BCUT2D eigenvalue weighted by Crippen LogP contribution is 2.33. The molecule has 7 nitrogen and oxygen atoms in total. The van der Waals surface area contributed by atoms with E-state index in [4.69, 9.17) is 11.2 Å². The minimum atomic E-state index is -0.969. The Kier molecular flexibility index (Phi) is 10.2. The normalized spacial score (nSPS) is 16.3. The third-order valence-corrected chi connectivity index (χ3v) is 6.43. The molecule has 1 aromatic rings. The van der Waals surface area contributed by atoms with Crippen LogP contribution in [0.4, 0.5) is 4.79 Å². The van der Waals surface area contributed by atoms with Gasteiger partial charge < -0.3 is 20.3 Å². The Bertz CT molecular complexity index is 991. The topological polar surface area (TPSA) is 87.7 Å². The van der Waals surface area contributed by atoms with Crippen LogP contribution in [0.25, 0.3) is 0 Å². The number of carbonyl (C=O) groups excluding carboxylic acids is 3. The molecule has 2 unspecified atom stereocenters. The Morgan fingerprint density at radius 3 is 2.14 bits per heavy atom. The third-order valence-electron chi connectivity index (χ3n) is 6.43. The van der Waals surface area contributed by atoms with Crippen molar-refractivity contribution in [1.29, 1.82) is 0 Å². The van der Waals surface area contributed by atoms with Crippen LogP contribution in [0.15, 0.2) is 24.3 Å². The molecule has 7 heteroatoms. The largest absolute Gasteiger partial charge is 0.444 e. The van der Waals surface area contributed by atoms with Gasteiger partial charge in [0.1, 0.15) is 17.7 Å². The summed E-state index contributed by atoms with van der Waals surface area (Å²) in [6, 6.07) is 5.40. The van der Waals surface area contributed by atoms with Crippen LogP contribution in [-0.2, 0) is 14.3 Å². The lowest BCUT2D eigenvalue weighted by atomic mass is 9.90. The van der Waals surface area contributed by atoms with Gasteiger partial charge in [-0.2, -0.15) is 0 Å². The van der Waals surface area contributed by atoms with E-state index >= 15 is 0 Å². The van der Waals surface area contributed by atoms with Crippen molar-refractivity contribution in [3.05, 3.63) is 35.4 Å². The van der Waals surface area contributed by atoms with Gasteiger partial charge in [0.05, 0.1) is 0 Å². The summed E-state index contributed by atoms with van der Waals surface area (Å²) in [5.74, 6) is 1.79. The monoisotopic (exact) mass is 511 g/mol. The molecule has 0 bridgehead atoms. The number of nitrogens with one attached hydrogen (secondary N) is 2. The molecule has 2 rings (SSSR count). The Morgan fingerprint density at radius 1 is 1.03 bits per heavy atom. The van der Waals surface area contributed by atoms with Crippen LogP contribution in [0.1, 0.15) is 105 Å². The van der Waals surface area contributed by atoms with Gasteiger partial charge in [-0.05, 0) is 71.9 Å². The maximum absolute atomic E-state index is 14.3. The van der Waals surface area contributed by atoms with Crippen molar-refractivity contribution in [2.75, 3.05) is 0 Å². The Hall–Kier alpha value is -3.01. The highest BCUT2D eigenvalue weighted by atomic mass is 16.6. The molecule has 0 spiro atoms. The molecule has 37 heavy (non-hydrogen) atoms. The highest BCUT2D eigenvalue weighted by Gasteiger charge is 2.43. The number of rotatable bonds is 7. The number of benzene rings is 1. The Morgan fingerprint density at radius 2 is 1.62 bits per heavy atom. The number of alkyl carbamates (subject to hydrolysis) is 1. The van der Waals surface area contributed by atoms with Crippen molar-refractivity contribution >= 4 is 17.9 Å². The first-order valence-electron chi connectivity index (χ1n) is 13.3. The van der Waals surface area contributed by atoms with Gasteiger partial charge >= 0.3 is 6.09 Å². The van der Waals surface area contributed by atoms with Gasteiger partial charge in [-0.25, -0.2) is 4.79 Å². The van der Waals surface area contributed by atoms with Gasteiger partial charge in [-0.15, -0.1) is 6.42 Å². The van der Waals surface area contributed by atoms with Gasteiger partial charge in [0.2, 0.25) is 11.8 Å². The minimum Gasteiger partial charge on any atom is -0.444 e. The van der Waals surface area contributed by atoms with Crippen molar-refractivity contribution in [2.24, 2.45) is 5.92 Å². The second-order valence-electron chi connectivity index (χ2n) is 12.2. The van der Waals surface area contributed by atoms with Crippen LogP contribution in [0, 0.1) is 18.3 Å². The molecule has 2 N–H and O–H groups in total. The van der Waals surface area contributed by atoms with Gasteiger partial charge in [-0.1, -0.05) is 57.2 Å². The quantitative estimate of drug-likeness (QED) is 0.484. The lowest BCUT2D eigenvalue weighted by Gasteiger charge is -2.44. The highest BCUT2D eigenvalue weighted by molar-refractivity contribution is 5.93. The van der Waals surface area contributed by atoms with Crippen LogP contribution < -0.4 is 10.6 Å². The lowest BCUT2D eigenvalue weighted by molar-refractivity contribution is -0.149. The molecule has 0 saturated heterocycles. The molecule has 0 heterocycles.